The van der Waals surface area contributed by atoms with E-state index in [9.17, 15) is 14.7 Å². The van der Waals surface area contributed by atoms with Crippen molar-refractivity contribution in [2.24, 2.45) is 0 Å². The van der Waals surface area contributed by atoms with Crippen LogP contribution in [-0.4, -0.2) is 48.6 Å². The molecule has 0 spiro atoms. The number of unbranched alkanes of at least 4 members (excludes halogenated alkanes) is 15. The first-order chi connectivity index (χ1) is 21.6. The SMILES string of the molecule is CCCCC/C=C\CC1OC1C/C=C\C/C=C\CCCC(=O)OC[C@H](O)COC(=O)CCCCCCCCCCCCCC. The van der Waals surface area contributed by atoms with E-state index in [0.29, 0.717) is 31.5 Å². The number of carbonyl (C=O) groups excluding carboxylic acids is 2. The Morgan fingerprint density at radius 1 is 0.591 bits per heavy atom. The molecule has 0 bridgehead atoms. The minimum atomic E-state index is -0.986. The van der Waals surface area contributed by atoms with Gasteiger partial charge in [0.25, 0.3) is 0 Å². The number of aliphatic hydroxyl groups excluding tert-OH is 1. The van der Waals surface area contributed by atoms with E-state index >= 15 is 0 Å². The van der Waals surface area contributed by atoms with Crippen molar-refractivity contribution in [2.75, 3.05) is 13.2 Å². The zero-order valence-electron chi connectivity index (χ0n) is 28.4. The number of hydrogen-bond acceptors (Lipinski definition) is 6. The van der Waals surface area contributed by atoms with E-state index in [-0.39, 0.29) is 25.2 Å². The number of hydrogen-bond donors (Lipinski definition) is 1. The van der Waals surface area contributed by atoms with Crippen LogP contribution in [0.2, 0.25) is 0 Å². The first-order valence-corrected chi connectivity index (χ1v) is 18.2. The Labute approximate surface area is 270 Å². The van der Waals surface area contributed by atoms with Gasteiger partial charge in [-0.05, 0) is 51.4 Å². The fraction of sp³-hybridized carbons (Fsp3) is 0.789. The van der Waals surface area contributed by atoms with Crippen LogP contribution in [0.1, 0.15) is 162 Å². The monoisotopic (exact) mass is 618 g/mol. The number of allylic oxidation sites excluding steroid dienone is 4. The molecule has 2 unspecified atom stereocenters. The minimum absolute atomic E-state index is 0.135. The standard InChI is InChI=1S/C38H66O6/c1-3-5-7-9-11-12-13-14-15-18-22-26-30-37(40)42-32-34(39)33-43-38(41)31-27-23-19-16-17-21-25-29-36-35(44-36)28-24-20-10-8-6-4-2/h16,19-21,24-25,34-36,39H,3-15,17-18,22-23,26-33H2,1-2H3/b19-16-,24-20-,25-21-/t34-,35?,36?/m1/s1. The highest BCUT2D eigenvalue weighted by atomic mass is 16.6. The Morgan fingerprint density at radius 3 is 1.61 bits per heavy atom. The van der Waals surface area contributed by atoms with Crippen LogP contribution in [0.25, 0.3) is 0 Å². The second kappa shape index (κ2) is 29.8. The lowest BCUT2D eigenvalue weighted by Gasteiger charge is -2.12. The Bertz CT molecular complexity index is 773. The van der Waals surface area contributed by atoms with E-state index in [4.69, 9.17) is 14.2 Å². The van der Waals surface area contributed by atoms with Crippen molar-refractivity contribution in [1.82, 2.24) is 0 Å². The predicted molar refractivity (Wildman–Crippen MR) is 182 cm³/mol. The van der Waals surface area contributed by atoms with Crippen LogP contribution in [-0.2, 0) is 23.8 Å². The average Bonchev–Trinajstić information content (AvgIpc) is 3.78. The maximum atomic E-state index is 11.9. The number of ether oxygens (including phenoxy) is 3. The highest BCUT2D eigenvalue weighted by molar-refractivity contribution is 5.69. The van der Waals surface area contributed by atoms with Gasteiger partial charge in [0.15, 0.2) is 0 Å². The summed E-state index contributed by atoms with van der Waals surface area (Å²) in [6.07, 6.45) is 38.0. The molecule has 1 fully saturated rings. The molecule has 1 N–H and O–H groups in total. The van der Waals surface area contributed by atoms with Crippen LogP contribution in [0.4, 0.5) is 0 Å². The molecule has 6 nitrogen and oxygen atoms in total. The molecule has 254 valence electrons. The van der Waals surface area contributed by atoms with Crippen molar-refractivity contribution >= 4 is 11.9 Å². The van der Waals surface area contributed by atoms with Gasteiger partial charge in [0, 0.05) is 12.8 Å². The van der Waals surface area contributed by atoms with Gasteiger partial charge in [0.1, 0.15) is 19.3 Å². The molecule has 0 saturated carbocycles. The molecular formula is C38H66O6. The summed E-state index contributed by atoms with van der Waals surface area (Å²) in [4.78, 5) is 23.8. The lowest BCUT2D eigenvalue weighted by atomic mass is 10.0. The number of rotatable bonds is 31. The Balaban J connectivity index is 1.88. The first-order valence-electron chi connectivity index (χ1n) is 18.2. The van der Waals surface area contributed by atoms with E-state index in [2.05, 4.69) is 50.3 Å². The number of carbonyl (C=O) groups is 2. The molecular weight excluding hydrogens is 552 g/mol. The molecule has 1 rings (SSSR count). The molecule has 0 aliphatic carbocycles. The zero-order chi connectivity index (χ0) is 31.9. The van der Waals surface area contributed by atoms with Crippen molar-refractivity contribution in [2.45, 2.75) is 180 Å². The van der Waals surface area contributed by atoms with Gasteiger partial charge in [-0.3, -0.25) is 9.59 Å². The Kier molecular flexibility index (Phi) is 27.1. The molecule has 1 saturated heterocycles. The predicted octanol–water partition coefficient (Wildman–Crippen LogP) is 9.88. The quantitative estimate of drug-likeness (QED) is 0.0360. The van der Waals surface area contributed by atoms with Gasteiger partial charge in [-0.1, -0.05) is 134 Å². The van der Waals surface area contributed by atoms with E-state index < -0.39 is 6.10 Å². The van der Waals surface area contributed by atoms with Crippen LogP contribution in [0, 0.1) is 0 Å². The highest BCUT2D eigenvalue weighted by Gasteiger charge is 2.35. The van der Waals surface area contributed by atoms with Gasteiger partial charge in [-0.25, -0.2) is 0 Å². The summed E-state index contributed by atoms with van der Waals surface area (Å²) in [6, 6.07) is 0. The topological polar surface area (TPSA) is 85.4 Å². The van der Waals surface area contributed by atoms with Crippen LogP contribution in [0.5, 0.6) is 0 Å². The Morgan fingerprint density at radius 2 is 1.02 bits per heavy atom. The Hall–Kier alpha value is -1.92. The van der Waals surface area contributed by atoms with Gasteiger partial charge >= 0.3 is 11.9 Å². The van der Waals surface area contributed by atoms with E-state index in [1.165, 1.54) is 83.5 Å². The summed E-state index contributed by atoms with van der Waals surface area (Å²) in [6.45, 7) is 4.20. The smallest absolute Gasteiger partial charge is 0.305 e. The third kappa shape index (κ3) is 26.5. The summed E-state index contributed by atoms with van der Waals surface area (Å²) in [5, 5.41) is 9.98. The number of esters is 2. The molecule has 1 aliphatic rings. The summed E-state index contributed by atoms with van der Waals surface area (Å²) < 4.78 is 16.0. The molecule has 1 heterocycles. The van der Waals surface area contributed by atoms with E-state index in [1.807, 2.05) is 0 Å². The third-order valence-electron chi connectivity index (χ3n) is 8.03. The van der Waals surface area contributed by atoms with Crippen LogP contribution < -0.4 is 0 Å². The lowest BCUT2D eigenvalue weighted by Crippen LogP contribution is -2.25. The maximum Gasteiger partial charge on any atom is 0.305 e. The number of epoxide rings is 1. The zero-order valence-corrected chi connectivity index (χ0v) is 28.4. The largest absolute Gasteiger partial charge is 0.463 e. The minimum Gasteiger partial charge on any atom is -0.463 e. The van der Waals surface area contributed by atoms with E-state index in [1.54, 1.807) is 0 Å². The molecule has 3 atom stereocenters. The van der Waals surface area contributed by atoms with Crippen molar-refractivity contribution in [3.8, 4) is 0 Å². The van der Waals surface area contributed by atoms with Gasteiger partial charge in [-0.15, -0.1) is 0 Å². The second-order valence-electron chi connectivity index (χ2n) is 12.4. The van der Waals surface area contributed by atoms with Crippen LogP contribution in [0.15, 0.2) is 36.5 Å². The van der Waals surface area contributed by atoms with Crippen LogP contribution in [0.3, 0.4) is 0 Å². The molecule has 1 aliphatic heterocycles. The van der Waals surface area contributed by atoms with Crippen molar-refractivity contribution in [1.29, 1.82) is 0 Å². The average molecular weight is 619 g/mol. The van der Waals surface area contributed by atoms with Gasteiger partial charge in [0.05, 0.1) is 12.2 Å². The molecule has 0 aromatic heterocycles. The van der Waals surface area contributed by atoms with Crippen molar-refractivity contribution in [3.05, 3.63) is 36.5 Å². The normalized spacial score (nSPS) is 17.2. The fourth-order valence-corrected chi connectivity index (χ4v) is 5.12. The van der Waals surface area contributed by atoms with E-state index in [0.717, 1.165) is 44.9 Å². The van der Waals surface area contributed by atoms with Crippen LogP contribution >= 0.6 is 0 Å². The molecule has 0 amide bonds. The van der Waals surface area contributed by atoms with Gasteiger partial charge in [0.2, 0.25) is 0 Å². The molecule has 6 heteroatoms. The van der Waals surface area contributed by atoms with Crippen molar-refractivity contribution in [3.63, 3.8) is 0 Å². The third-order valence-corrected chi connectivity index (χ3v) is 8.03. The number of aliphatic hydroxyl groups is 1. The molecule has 0 aromatic rings. The molecule has 0 radical (unpaired) electrons. The fourth-order valence-electron chi connectivity index (χ4n) is 5.12. The lowest BCUT2D eigenvalue weighted by molar-refractivity contribution is -0.152. The summed E-state index contributed by atoms with van der Waals surface area (Å²) in [7, 11) is 0. The van der Waals surface area contributed by atoms with Gasteiger partial charge < -0.3 is 19.3 Å². The summed E-state index contributed by atoms with van der Waals surface area (Å²) >= 11 is 0. The first kappa shape index (κ1) is 40.1. The molecule has 44 heavy (non-hydrogen) atoms. The highest BCUT2D eigenvalue weighted by Crippen LogP contribution is 2.29. The van der Waals surface area contributed by atoms with Crippen molar-refractivity contribution < 1.29 is 28.9 Å². The molecule has 0 aromatic carbocycles. The summed E-state index contributed by atoms with van der Waals surface area (Å²) in [5.41, 5.74) is 0. The summed E-state index contributed by atoms with van der Waals surface area (Å²) in [5.74, 6) is -0.634. The maximum absolute atomic E-state index is 11.9. The second-order valence-corrected chi connectivity index (χ2v) is 12.4. The van der Waals surface area contributed by atoms with Gasteiger partial charge in [-0.2, -0.15) is 0 Å².